The first-order chi connectivity index (χ1) is 15.1. The molecule has 6 heteroatoms. The molecule has 4 aromatic rings. The number of aromatic amines is 1. The van der Waals surface area contributed by atoms with Gasteiger partial charge in [0, 0.05) is 48.7 Å². The average molecular weight is 415 g/mol. The number of aromatic nitrogens is 3. The molecule has 0 radical (unpaired) electrons. The number of ether oxygens (including phenoxy) is 1. The number of H-pyrrole nitrogens is 1. The molecule has 1 amide bonds. The number of hydrogen-bond donors (Lipinski definition) is 2. The molecule has 158 valence electrons. The van der Waals surface area contributed by atoms with Crippen LogP contribution in [0.2, 0.25) is 0 Å². The number of rotatable bonds is 7. The summed E-state index contributed by atoms with van der Waals surface area (Å²) >= 11 is 0. The van der Waals surface area contributed by atoms with Gasteiger partial charge in [0.05, 0.1) is 13.3 Å². The summed E-state index contributed by atoms with van der Waals surface area (Å²) in [5.74, 6) is 1.29. The number of carbonyl (C=O) groups excluding carboxylic acids is 1. The maximum absolute atomic E-state index is 12.9. The maximum atomic E-state index is 12.9. The second-order valence-corrected chi connectivity index (χ2v) is 8.26. The van der Waals surface area contributed by atoms with Crippen molar-refractivity contribution in [3.8, 4) is 5.75 Å². The van der Waals surface area contributed by atoms with E-state index in [9.17, 15) is 4.79 Å². The third-order valence-corrected chi connectivity index (χ3v) is 6.28. The summed E-state index contributed by atoms with van der Waals surface area (Å²) in [5, 5.41) is 8.63. The second kappa shape index (κ2) is 7.95. The molecular weight excluding hydrogens is 388 g/mol. The fourth-order valence-corrected chi connectivity index (χ4v) is 4.44. The van der Waals surface area contributed by atoms with Gasteiger partial charge < -0.3 is 15.0 Å². The lowest BCUT2D eigenvalue weighted by Gasteiger charge is -2.19. The van der Waals surface area contributed by atoms with Gasteiger partial charge in [-0.25, -0.2) is 0 Å². The summed E-state index contributed by atoms with van der Waals surface area (Å²) < 4.78 is 7.11. The average Bonchev–Trinajstić information content (AvgIpc) is 3.31. The Hall–Kier alpha value is -3.54. The molecule has 0 spiro atoms. The molecule has 5 rings (SSSR count). The van der Waals surface area contributed by atoms with E-state index in [0.717, 1.165) is 28.8 Å². The normalized spacial score (nSPS) is 18.6. The first-order valence-electron chi connectivity index (χ1n) is 10.6. The Kier molecular flexibility index (Phi) is 4.98. The van der Waals surface area contributed by atoms with E-state index in [2.05, 4.69) is 45.9 Å². The lowest BCUT2D eigenvalue weighted by Crippen LogP contribution is -2.30. The van der Waals surface area contributed by atoms with Crippen molar-refractivity contribution in [3.05, 3.63) is 83.8 Å². The van der Waals surface area contributed by atoms with Crippen molar-refractivity contribution in [2.45, 2.75) is 18.3 Å². The monoisotopic (exact) mass is 414 g/mol. The van der Waals surface area contributed by atoms with Gasteiger partial charge in [-0.1, -0.05) is 30.3 Å². The number of benzene rings is 2. The molecule has 0 bridgehead atoms. The Morgan fingerprint density at radius 1 is 1.26 bits per heavy atom. The van der Waals surface area contributed by atoms with Crippen LogP contribution in [0.4, 0.5) is 0 Å². The van der Waals surface area contributed by atoms with Crippen molar-refractivity contribution in [1.29, 1.82) is 0 Å². The summed E-state index contributed by atoms with van der Waals surface area (Å²) in [7, 11) is 3.57. The number of hydrogen-bond acceptors (Lipinski definition) is 3. The van der Waals surface area contributed by atoms with Gasteiger partial charge in [0.1, 0.15) is 5.75 Å². The second-order valence-electron chi connectivity index (χ2n) is 8.26. The molecule has 31 heavy (non-hydrogen) atoms. The van der Waals surface area contributed by atoms with Crippen molar-refractivity contribution in [2.75, 3.05) is 13.7 Å². The number of fused-ring (bicyclic) bond motifs is 1. The van der Waals surface area contributed by atoms with Crippen molar-refractivity contribution >= 4 is 16.8 Å². The van der Waals surface area contributed by atoms with Crippen molar-refractivity contribution < 1.29 is 9.53 Å². The molecule has 2 N–H and O–H groups in total. The summed E-state index contributed by atoms with van der Waals surface area (Å²) in [6.45, 7) is 0.545. The van der Waals surface area contributed by atoms with Gasteiger partial charge in [-0.15, -0.1) is 0 Å². The highest BCUT2D eigenvalue weighted by molar-refractivity contribution is 5.85. The van der Waals surface area contributed by atoms with Crippen LogP contribution < -0.4 is 10.1 Å². The zero-order valence-corrected chi connectivity index (χ0v) is 17.7. The van der Waals surface area contributed by atoms with Crippen molar-refractivity contribution in [3.63, 3.8) is 0 Å². The first-order valence-corrected chi connectivity index (χ1v) is 10.6. The fraction of sp³-hybridized carbons (Fsp3) is 0.280. The number of nitrogens with one attached hydrogen (secondary N) is 2. The van der Waals surface area contributed by atoms with Crippen LogP contribution in [0.5, 0.6) is 5.75 Å². The van der Waals surface area contributed by atoms with Crippen LogP contribution in [-0.2, 0) is 11.8 Å². The predicted octanol–water partition coefficient (Wildman–Crippen LogP) is 3.96. The molecule has 2 aromatic carbocycles. The molecular formula is C25H26N4O2. The minimum atomic E-state index is 0.0312. The van der Waals surface area contributed by atoms with Gasteiger partial charge in [0.15, 0.2) is 0 Å². The van der Waals surface area contributed by atoms with Gasteiger partial charge in [-0.3, -0.25) is 9.48 Å². The van der Waals surface area contributed by atoms with E-state index < -0.39 is 0 Å². The molecule has 1 aliphatic rings. The van der Waals surface area contributed by atoms with Crippen LogP contribution in [0.3, 0.4) is 0 Å². The van der Waals surface area contributed by atoms with E-state index >= 15 is 0 Å². The molecule has 0 aliphatic heterocycles. The zero-order chi connectivity index (χ0) is 21.4. The van der Waals surface area contributed by atoms with Crippen LogP contribution >= 0.6 is 0 Å². The third-order valence-electron chi connectivity index (χ3n) is 6.28. The van der Waals surface area contributed by atoms with Crippen LogP contribution in [0.15, 0.2) is 67.1 Å². The van der Waals surface area contributed by atoms with Gasteiger partial charge in [0.25, 0.3) is 0 Å². The maximum Gasteiger partial charge on any atom is 0.223 e. The van der Waals surface area contributed by atoms with Crippen molar-refractivity contribution in [2.24, 2.45) is 13.0 Å². The molecule has 1 fully saturated rings. The Balaban J connectivity index is 1.36. The SMILES string of the molecule is COc1ccc(C(CNC(=O)C2CC2c2cnn(C)c2)c2c[nH]c3ccccc23)cc1. The zero-order valence-electron chi connectivity index (χ0n) is 17.7. The molecule has 2 heterocycles. The van der Waals surface area contributed by atoms with Crippen LogP contribution in [0.1, 0.15) is 34.9 Å². The Bertz CT molecular complexity index is 1210. The van der Waals surface area contributed by atoms with E-state index in [0.29, 0.717) is 6.54 Å². The predicted molar refractivity (Wildman–Crippen MR) is 120 cm³/mol. The van der Waals surface area contributed by atoms with Crippen molar-refractivity contribution in [1.82, 2.24) is 20.1 Å². The number of carbonyl (C=O) groups is 1. The molecule has 3 unspecified atom stereocenters. The standard InChI is InChI=1S/C25H26N4O2/c1-29-15-17(12-28-29)20-11-21(20)25(30)27-13-22(16-7-9-18(31-2)10-8-16)23-14-26-24-6-4-3-5-19(23)24/h3-10,12,14-15,20-22,26H,11,13H2,1-2H3,(H,27,30). The molecule has 1 saturated carbocycles. The largest absolute Gasteiger partial charge is 0.497 e. The molecule has 6 nitrogen and oxygen atoms in total. The smallest absolute Gasteiger partial charge is 0.223 e. The lowest BCUT2D eigenvalue weighted by atomic mass is 9.90. The highest BCUT2D eigenvalue weighted by Crippen LogP contribution is 2.47. The molecule has 1 aliphatic carbocycles. The van der Waals surface area contributed by atoms with Gasteiger partial charge in [-0.05, 0) is 47.2 Å². The van der Waals surface area contributed by atoms with E-state index in [1.165, 1.54) is 10.9 Å². The van der Waals surface area contributed by atoms with E-state index in [1.54, 1.807) is 11.8 Å². The number of methoxy groups -OCH3 is 1. The lowest BCUT2D eigenvalue weighted by molar-refractivity contribution is -0.122. The van der Waals surface area contributed by atoms with Gasteiger partial charge in [0.2, 0.25) is 5.91 Å². The highest BCUT2D eigenvalue weighted by Gasteiger charge is 2.44. The topological polar surface area (TPSA) is 71.9 Å². The van der Waals surface area contributed by atoms with Crippen LogP contribution in [0, 0.1) is 5.92 Å². The Morgan fingerprint density at radius 3 is 2.81 bits per heavy atom. The highest BCUT2D eigenvalue weighted by atomic mass is 16.5. The fourth-order valence-electron chi connectivity index (χ4n) is 4.44. The molecule has 0 saturated heterocycles. The minimum Gasteiger partial charge on any atom is -0.497 e. The molecule has 2 aromatic heterocycles. The third kappa shape index (κ3) is 3.81. The number of amides is 1. The first kappa shape index (κ1) is 19.4. The van der Waals surface area contributed by atoms with Gasteiger partial charge in [-0.2, -0.15) is 5.10 Å². The summed E-state index contributed by atoms with van der Waals surface area (Å²) in [6, 6.07) is 16.4. The Labute approximate surface area is 181 Å². The summed E-state index contributed by atoms with van der Waals surface area (Å²) in [6.07, 6.45) is 6.81. The summed E-state index contributed by atoms with van der Waals surface area (Å²) in [4.78, 5) is 16.3. The van der Waals surface area contributed by atoms with Gasteiger partial charge >= 0.3 is 0 Å². The number of para-hydroxylation sites is 1. The number of nitrogens with zero attached hydrogens (tertiary/aromatic N) is 2. The van der Waals surface area contributed by atoms with E-state index in [-0.39, 0.29) is 23.7 Å². The summed E-state index contributed by atoms with van der Waals surface area (Å²) in [5.41, 5.74) is 4.57. The van der Waals surface area contributed by atoms with Crippen LogP contribution in [-0.4, -0.2) is 34.3 Å². The van der Waals surface area contributed by atoms with E-state index in [1.807, 2.05) is 43.7 Å². The van der Waals surface area contributed by atoms with E-state index in [4.69, 9.17) is 4.74 Å². The molecule has 3 atom stereocenters. The van der Waals surface area contributed by atoms with Crippen LogP contribution in [0.25, 0.3) is 10.9 Å². The number of aryl methyl sites for hydroxylation is 1. The quantitative estimate of drug-likeness (QED) is 0.481. The Morgan fingerprint density at radius 2 is 2.06 bits per heavy atom. The minimum absolute atomic E-state index is 0.0312.